The third-order valence-electron chi connectivity index (χ3n) is 11.3. The van der Waals surface area contributed by atoms with Crippen LogP contribution in [0.5, 0.6) is 11.5 Å². The van der Waals surface area contributed by atoms with E-state index in [1.807, 2.05) is 30.3 Å². The fourth-order valence-electron chi connectivity index (χ4n) is 7.86. The van der Waals surface area contributed by atoms with Crippen molar-refractivity contribution in [2.45, 2.75) is 62.9 Å². The number of carboxylic acids is 1. The number of nitrogens with one attached hydrogen (secondary N) is 1. The number of halogens is 2. The summed E-state index contributed by atoms with van der Waals surface area (Å²) in [6.07, 6.45) is -1.29. The minimum absolute atomic E-state index is 0.0258. The number of hydrogen-bond donors (Lipinski definition) is 2. The molecule has 3 unspecified atom stereocenters. The van der Waals surface area contributed by atoms with Crippen LogP contribution in [-0.4, -0.2) is 59.9 Å². The average Bonchev–Trinajstić information content (AvgIpc) is 3.64. The average molecular weight is 921 g/mol. The number of nitriles is 1. The number of anilines is 1. The van der Waals surface area contributed by atoms with E-state index in [0.29, 0.717) is 55.0 Å². The molecule has 0 radical (unpaired) electrons. The van der Waals surface area contributed by atoms with Gasteiger partial charge in [0.1, 0.15) is 40.8 Å². The van der Waals surface area contributed by atoms with Gasteiger partial charge in [-0.05, 0) is 102 Å². The molecule has 8 rings (SSSR count). The van der Waals surface area contributed by atoms with Gasteiger partial charge in [-0.25, -0.2) is 13.2 Å². The molecule has 5 aromatic carbocycles. The van der Waals surface area contributed by atoms with Crippen LogP contribution in [0.25, 0.3) is 11.1 Å². The molecule has 2 aliphatic heterocycles. The molecule has 2 aliphatic rings. The Bertz CT molecular complexity index is 2930. The number of benzene rings is 5. The van der Waals surface area contributed by atoms with Crippen molar-refractivity contribution in [3.63, 3.8) is 0 Å². The Kier molecular flexibility index (Phi) is 12.2. The molecule has 6 aromatic rings. The van der Waals surface area contributed by atoms with E-state index in [4.69, 9.17) is 42.5 Å². The van der Waals surface area contributed by atoms with E-state index < -0.39 is 40.1 Å². The minimum Gasteiger partial charge on any atom is -0.489 e. The summed E-state index contributed by atoms with van der Waals surface area (Å²) < 4.78 is 47.5. The van der Waals surface area contributed by atoms with Gasteiger partial charge < -0.3 is 29.3 Å². The SMILES string of the molecule is Cc1noc(C)c1S(=O)(=O)N1Cc2cc3c(cc2CC1C(=O)NC(Cc1ccc(-c2ccc(C#N)cc2)cc1)C(=O)O)N(C)C(=O)C(c1ccc(OCc2ccc(Cl)c(Cl)c2)cc1)O3. The maximum absolute atomic E-state index is 14.5. The molecular formula is C47H39Cl2N5O9S. The molecule has 3 heterocycles. The van der Waals surface area contributed by atoms with Crippen molar-refractivity contribution in [3.8, 4) is 28.7 Å². The van der Waals surface area contributed by atoms with Crippen LogP contribution in [0.3, 0.4) is 0 Å². The van der Waals surface area contributed by atoms with Crippen molar-refractivity contribution in [2.75, 3.05) is 11.9 Å². The van der Waals surface area contributed by atoms with Crippen LogP contribution in [0.4, 0.5) is 5.69 Å². The first-order valence-electron chi connectivity index (χ1n) is 20.0. The van der Waals surface area contributed by atoms with Crippen LogP contribution in [0.2, 0.25) is 10.0 Å². The fourth-order valence-corrected chi connectivity index (χ4v) is 10.0. The Labute approximate surface area is 378 Å². The number of carbonyl (C=O) groups is 3. The molecule has 2 amide bonds. The van der Waals surface area contributed by atoms with Crippen molar-refractivity contribution in [1.29, 1.82) is 5.26 Å². The number of sulfonamides is 1. The van der Waals surface area contributed by atoms with E-state index in [1.165, 1.54) is 18.7 Å². The molecule has 0 saturated carbocycles. The zero-order valence-electron chi connectivity index (χ0n) is 34.5. The summed E-state index contributed by atoms with van der Waals surface area (Å²) in [6, 6.07) is 28.9. The lowest BCUT2D eigenvalue weighted by Crippen LogP contribution is -2.56. The molecule has 0 spiro atoms. The summed E-state index contributed by atoms with van der Waals surface area (Å²) >= 11 is 12.2. The topological polar surface area (TPSA) is 192 Å². The first kappa shape index (κ1) is 43.9. The highest BCUT2D eigenvalue weighted by atomic mass is 35.5. The summed E-state index contributed by atoms with van der Waals surface area (Å²) in [7, 11) is -2.87. The van der Waals surface area contributed by atoms with Gasteiger partial charge in [0.25, 0.3) is 5.91 Å². The number of amides is 2. The van der Waals surface area contributed by atoms with E-state index in [2.05, 4.69) is 16.5 Å². The summed E-state index contributed by atoms with van der Waals surface area (Å²) in [5.41, 5.74) is 5.81. The van der Waals surface area contributed by atoms with Gasteiger partial charge in [0, 0.05) is 25.6 Å². The molecule has 2 N–H and O–H groups in total. The second-order valence-electron chi connectivity index (χ2n) is 15.5. The number of likely N-dealkylation sites (N-methyl/N-ethyl adjacent to an activating group) is 1. The molecule has 0 aliphatic carbocycles. The lowest BCUT2D eigenvalue weighted by molar-refractivity contribution is -0.142. The molecule has 14 nitrogen and oxygen atoms in total. The van der Waals surface area contributed by atoms with Gasteiger partial charge >= 0.3 is 5.97 Å². The summed E-state index contributed by atoms with van der Waals surface area (Å²) in [4.78, 5) is 42.0. The highest BCUT2D eigenvalue weighted by Crippen LogP contribution is 2.43. The number of carboxylic acid groups (broad SMARTS) is 1. The van der Waals surface area contributed by atoms with E-state index >= 15 is 0 Å². The third kappa shape index (κ3) is 8.78. The van der Waals surface area contributed by atoms with Gasteiger partial charge in [0.05, 0.1) is 27.4 Å². The molecule has 3 atom stereocenters. The molecule has 64 heavy (non-hydrogen) atoms. The number of hydrogen-bond acceptors (Lipinski definition) is 10. The van der Waals surface area contributed by atoms with Crippen molar-refractivity contribution in [2.24, 2.45) is 0 Å². The zero-order valence-corrected chi connectivity index (χ0v) is 36.9. The number of aromatic nitrogens is 1. The van der Waals surface area contributed by atoms with E-state index in [-0.39, 0.29) is 48.3 Å². The fraction of sp³-hybridized carbons (Fsp3) is 0.213. The number of fused-ring (bicyclic) bond motifs is 2. The van der Waals surface area contributed by atoms with Crippen LogP contribution < -0.4 is 19.7 Å². The van der Waals surface area contributed by atoms with E-state index in [9.17, 15) is 27.9 Å². The van der Waals surface area contributed by atoms with Crippen molar-refractivity contribution in [1.82, 2.24) is 14.8 Å². The Hall–Kier alpha value is -6.70. The van der Waals surface area contributed by atoms with E-state index in [0.717, 1.165) is 21.0 Å². The number of rotatable bonds is 12. The number of aryl methyl sites for hydroxylation is 2. The standard InChI is InChI=1S/C47H39Cl2N5O9S/c1-26-44(27(2)63-52-26)64(59,60)54-24-35-22-42-40(53(3)46(56)43(62-42)33-13-15-36(16-14-33)61-25-30-8-17-37(48)38(49)18-30)20-34(35)21-41(54)45(55)51-39(47(57)58)19-28-4-9-31(10-5-28)32-11-6-29(23-50)7-12-32/h4-18,20,22,39,41,43H,19,21,24-25H2,1-3H3,(H,51,55)(H,57,58). The predicted molar refractivity (Wildman–Crippen MR) is 237 cm³/mol. The second kappa shape index (κ2) is 17.8. The van der Waals surface area contributed by atoms with Gasteiger partial charge in [0.15, 0.2) is 5.76 Å². The molecular weight excluding hydrogens is 882 g/mol. The van der Waals surface area contributed by atoms with E-state index in [1.54, 1.807) is 79.8 Å². The molecule has 326 valence electrons. The smallest absolute Gasteiger partial charge is 0.326 e. The summed E-state index contributed by atoms with van der Waals surface area (Å²) in [5, 5.41) is 26.7. The largest absolute Gasteiger partial charge is 0.489 e. The summed E-state index contributed by atoms with van der Waals surface area (Å²) in [5.74, 6) is -1.61. The Morgan fingerprint density at radius 2 is 1.61 bits per heavy atom. The second-order valence-corrected chi connectivity index (χ2v) is 18.1. The van der Waals surface area contributed by atoms with Gasteiger partial charge in [-0.15, -0.1) is 0 Å². The molecule has 0 bridgehead atoms. The Morgan fingerprint density at radius 1 is 0.938 bits per heavy atom. The first-order chi connectivity index (χ1) is 30.6. The number of aliphatic carboxylic acids is 1. The van der Waals surface area contributed by atoms with Crippen molar-refractivity contribution < 1.29 is 41.9 Å². The van der Waals surface area contributed by atoms with Crippen LogP contribution in [0, 0.1) is 25.2 Å². The molecule has 0 fully saturated rings. The van der Waals surface area contributed by atoms with Crippen LogP contribution in [-0.2, 0) is 50.4 Å². The summed E-state index contributed by atoms with van der Waals surface area (Å²) in [6.45, 7) is 2.88. The van der Waals surface area contributed by atoms with Crippen molar-refractivity contribution in [3.05, 3.63) is 158 Å². The Morgan fingerprint density at radius 3 is 2.23 bits per heavy atom. The van der Waals surface area contributed by atoms with Crippen LogP contribution >= 0.6 is 23.2 Å². The molecule has 0 saturated heterocycles. The molecule has 17 heteroatoms. The highest BCUT2D eigenvalue weighted by Gasteiger charge is 2.44. The number of ether oxygens (including phenoxy) is 2. The van der Waals surface area contributed by atoms with Crippen molar-refractivity contribution >= 4 is 56.7 Å². The number of nitrogens with zero attached hydrogens (tertiary/aromatic N) is 4. The maximum Gasteiger partial charge on any atom is 0.326 e. The first-order valence-corrected chi connectivity index (χ1v) is 22.1. The number of carbonyl (C=O) groups excluding carboxylic acids is 2. The van der Waals surface area contributed by atoms with Gasteiger partial charge in [-0.3, -0.25) is 9.59 Å². The zero-order chi connectivity index (χ0) is 45.4. The monoisotopic (exact) mass is 919 g/mol. The normalized spacial score (nSPS) is 16.5. The predicted octanol–water partition coefficient (Wildman–Crippen LogP) is 7.74. The lowest BCUT2D eigenvalue weighted by Gasteiger charge is -2.38. The van der Waals surface area contributed by atoms with Crippen LogP contribution in [0.1, 0.15) is 50.9 Å². The quantitative estimate of drug-likeness (QED) is 0.122. The van der Waals surface area contributed by atoms with Gasteiger partial charge in [-0.2, -0.15) is 9.57 Å². The lowest BCUT2D eigenvalue weighted by atomic mass is 9.93. The van der Waals surface area contributed by atoms with Gasteiger partial charge in [0.2, 0.25) is 22.0 Å². The third-order valence-corrected chi connectivity index (χ3v) is 14.1. The molecule has 1 aromatic heterocycles. The minimum atomic E-state index is -4.47. The maximum atomic E-state index is 14.5. The van der Waals surface area contributed by atoms with Gasteiger partial charge in [-0.1, -0.05) is 83.0 Å². The Balaban J connectivity index is 1.04. The van der Waals surface area contributed by atoms with Crippen LogP contribution in [0.15, 0.2) is 113 Å². The highest BCUT2D eigenvalue weighted by molar-refractivity contribution is 7.89.